The summed E-state index contributed by atoms with van der Waals surface area (Å²) in [6.07, 6.45) is -2.00. The maximum Gasteiger partial charge on any atom is 0.161 e. The second-order valence-corrected chi connectivity index (χ2v) is 8.57. The maximum atomic E-state index is 13.9. The molecule has 0 fully saturated rings. The number of benzene rings is 4. The van der Waals surface area contributed by atoms with Gasteiger partial charge in [0.05, 0.1) is 26.4 Å². The van der Waals surface area contributed by atoms with Crippen molar-refractivity contribution in [1.29, 1.82) is 0 Å². The second-order valence-electron chi connectivity index (χ2n) is 8.57. The molecule has 162 valence electrons. The quantitative estimate of drug-likeness (QED) is 0.484. The number of methoxy groups -OCH3 is 2. The van der Waals surface area contributed by atoms with Crippen LogP contribution in [0, 0.1) is 11.6 Å². The highest BCUT2D eigenvalue weighted by atomic mass is 19.2. The molecular weight excluding hydrogens is 414 g/mol. The van der Waals surface area contributed by atoms with Gasteiger partial charge in [-0.15, -0.1) is 0 Å². The Bertz CT molecular complexity index is 1320. The van der Waals surface area contributed by atoms with Crippen molar-refractivity contribution in [2.24, 2.45) is 0 Å². The van der Waals surface area contributed by atoms with Crippen molar-refractivity contribution in [3.63, 3.8) is 0 Å². The highest BCUT2D eigenvalue weighted by Gasteiger charge is 2.49. The third-order valence-corrected chi connectivity index (χ3v) is 7.00. The number of fused-ring (bicyclic) bond motifs is 3. The van der Waals surface area contributed by atoms with E-state index in [1.165, 1.54) is 12.1 Å². The van der Waals surface area contributed by atoms with E-state index in [1.807, 2.05) is 36.4 Å². The molecule has 0 heterocycles. The molecule has 4 aromatic rings. The van der Waals surface area contributed by atoms with E-state index in [9.17, 15) is 19.0 Å². The van der Waals surface area contributed by atoms with Gasteiger partial charge in [0.15, 0.2) is 23.1 Å². The largest absolute Gasteiger partial charge is 0.493 e. The Morgan fingerprint density at radius 3 is 1.19 bits per heavy atom. The lowest BCUT2D eigenvalue weighted by atomic mass is 9.60. The van der Waals surface area contributed by atoms with Gasteiger partial charge in [-0.1, -0.05) is 12.1 Å². The first-order valence-corrected chi connectivity index (χ1v) is 10.4. The zero-order valence-electron chi connectivity index (χ0n) is 17.4. The number of aliphatic hydroxyl groups excluding tert-OH is 2. The number of ether oxygens (including phenoxy) is 2. The first-order valence-electron chi connectivity index (χ1n) is 10.4. The first kappa shape index (κ1) is 19.5. The van der Waals surface area contributed by atoms with Crippen molar-refractivity contribution in [3.8, 4) is 11.5 Å². The highest BCUT2D eigenvalue weighted by Crippen LogP contribution is 2.54. The molecule has 7 rings (SSSR count). The highest BCUT2D eigenvalue weighted by molar-refractivity contribution is 5.90. The monoisotopic (exact) mass is 434 g/mol. The minimum atomic E-state index is -1.000. The van der Waals surface area contributed by atoms with Crippen molar-refractivity contribution < 1.29 is 28.5 Å². The summed E-state index contributed by atoms with van der Waals surface area (Å²) in [4.78, 5) is 0. The summed E-state index contributed by atoms with van der Waals surface area (Å²) in [5.74, 6) is -1.57. The molecule has 2 bridgehead atoms. The molecule has 0 radical (unpaired) electrons. The Hall–Kier alpha value is -3.22. The summed E-state index contributed by atoms with van der Waals surface area (Å²) in [5, 5.41) is 24.9. The lowest BCUT2D eigenvalue weighted by Gasteiger charge is -2.47. The molecule has 0 saturated carbocycles. The minimum Gasteiger partial charge on any atom is -0.493 e. The van der Waals surface area contributed by atoms with Gasteiger partial charge in [0, 0.05) is 11.8 Å². The van der Waals surface area contributed by atoms with Crippen LogP contribution in [0.3, 0.4) is 0 Å². The summed E-state index contributed by atoms with van der Waals surface area (Å²) < 4.78 is 38.6. The second kappa shape index (κ2) is 6.64. The molecule has 0 spiro atoms. The predicted molar refractivity (Wildman–Crippen MR) is 117 cm³/mol. The summed E-state index contributed by atoms with van der Waals surface area (Å²) in [7, 11) is 3.15. The van der Waals surface area contributed by atoms with Crippen LogP contribution in [0.1, 0.15) is 34.1 Å². The smallest absolute Gasteiger partial charge is 0.161 e. The Labute approximate surface area is 182 Å². The van der Waals surface area contributed by atoms with E-state index in [0.29, 0.717) is 22.3 Å². The van der Waals surface area contributed by atoms with Gasteiger partial charge in [-0.2, -0.15) is 0 Å². The van der Waals surface area contributed by atoms with Gasteiger partial charge in [-0.3, -0.25) is 0 Å². The van der Waals surface area contributed by atoms with Gasteiger partial charge in [-0.25, -0.2) is 8.78 Å². The van der Waals surface area contributed by atoms with Crippen LogP contribution in [0.4, 0.5) is 8.78 Å². The van der Waals surface area contributed by atoms with Crippen LogP contribution < -0.4 is 9.47 Å². The Morgan fingerprint density at radius 1 is 0.562 bits per heavy atom. The van der Waals surface area contributed by atoms with Gasteiger partial charge >= 0.3 is 0 Å². The van der Waals surface area contributed by atoms with E-state index >= 15 is 0 Å². The Morgan fingerprint density at radius 2 is 0.875 bits per heavy atom. The average Bonchev–Trinajstić information content (AvgIpc) is 2.78. The maximum absolute atomic E-state index is 13.9. The third-order valence-electron chi connectivity index (χ3n) is 7.00. The Balaban J connectivity index is 1.63. The normalized spacial score (nSPS) is 23.3. The van der Waals surface area contributed by atoms with Crippen molar-refractivity contribution in [3.05, 3.63) is 82.4 Å². The Kier molecular flexibility index (Phi) is 4.04. The van der Waals surface area contributed by atoms with E-state index in [0.717, 1.165) is 33.0 Å². The molecule has 4 atom stereocenters. The van der Waals surface area contributed by atoms with Gasteiger partial charge in [0.2, 0.25) is 0 Å². The van der Waals surface area contributed by atoms with Gasteiger partial charge in [-0.05, 0) is 80.2 Å². The van der Waals surface area contributed by atoms with Crippen LogP contribution in [-0.4, -0.2) is 36.6 Å². The van der Waals surface area contributed by atoms with Gasteiger partial charge in [0.25, 0.3) is 0 Å². The third kappa shape index (κ3) is 2.48. The van der Waals surface area contributed by atoms with Gasteiger partial charge < -0.3 is 19.7 Å². The van der Waals surface area contributed by atoms with Crippen molar-refractivity contribution in [1.82, 2.24) is 0 Å². The fraction of sp³-hybridized carbons (Fsp3) is 0.231. The molecule has 3 aliphatic rings. The van der Waals surface area contributed by atoms with E-state index in [1.54, 1.807) is 14.2 Å². The molecule has 0 amide bonds. The molecule has 4 aromatic carbocycles. The average molecular weight is 434 g/mol. The lowest BCUT2D eigenvalue weighted by molar-refractivity contribution is -0.0152. The number of hydrogen-bond acceptors (Lipinski definition) is 4. The zero-order valence-corrected chi connectivity index (χ0v) is 17.4. The van der Waals surface area contributed by atoms with E-state index in [4.69, 9.17) is 9.47 Å². The molecule has 4 nitrogen and oxygen atoms in total. The summed E-state index contributed by atoms with van der Waals surface area (Å²) in [5.41, 5.74) is 3.50. The van der Waals surface area contributed by atoms with Crippen LogP contribution in [-0.2, 0) is 0 Å². The number of halogens is 2. The summed E-state index contributed by atoms with van der Waals surface area (Å²) >= 11 is 0. The van der Waals surface area contributed by atoms with E-state index in [2.05, 4.69) is 0 Å². The molecular formula is C26H20F2O4. The molecule has 0 aliphatic heterocycles. The topological polar surface area (TPSA) is 58.9 Å². The molecule has 4 unspecified atom stereocenters. The van der Waals surface area contributed by atoms with Crippen LogP contribution in [0.25, 0.3) is 21.5 Å². The molecule has 0 aromatic heterocycles. The SMILES string of the molecule is COc1cc2cc3c(cc2cc1OC)C1c2cc4cc(F)c(F)cc4cc2C3C(O)C1O. The van der Waals surface area contributed by atoms with Crippen LogP contribution in [0.5, 0.6) is 11.5 Å². The van der Waals surface area contributed by atoms with E-state index in [-0.39, 0.29) is 0 Å². The molecule has 32 heavy (non-hydrogen) atoms. The van der Waals surface area contributed by atoms with E-state index < -0.39 is 35.7 Å². The molecule has 0 saturated heterocycles. The first-order chi connectivity index (χ1) is 15.4. The number of hydrogen-bond donors (Lipinski definition) is 2. The number of aliphatic hydroxyl groups is 2. The predicted octanol–water partition coefficient (Wildman–Crippen LogP) is 4.60. The molecule has 2 N–H and O–H groups in total. The molecule has 3 aliphatic carbocycles. The fourth-order valence-electron chi connectivity index (χ4n) is 5.53. The van der Waals surface area contributed by atoms with Crippen molar-refractivity contribution in [2.45, 2.75) is 24.0 Å². The molecule has 6 heteroatoms. The lowest BCUT2D eigenvalue weighted by Crippen LogP contribution is -2.47. The minimum absolute atomic E-state index is 0.477. The van der Waals surface area contributed by atoms with Crippen LogP contribution in [0.2, 0.25) is 0 Å². The van der Waals surface area contributed by atoms with Crippen LogP contribution >= 0.6 is 0 Å². The van der Waals surface area contributed by atoms with Gasteiger partial charge in [0.1, 0.15) is 0 Å². The standard InChI is InChI=1S/C26H20F2O4/c1-31-21-9-13-5-17-18(6-14(13)10-22(21)32-2)24-16-4-12-8-20(28)19(27)7-11(12)3-15(16)23(17)25(29)26(24)30/h3-10,23-26,29-30H,1-2H3. The summed E-state index contributed by atoms with van der Waals surface area (Å²) in [6.45, 7) is 0. The van der Waals surface area contributed by atoms with Crippen molar-refractivity contribution >= 4 is 21.5 Å². The van der Waals surface area contributed by atoms with Crippen molar-refractivity contribution in [2.75, 3.05) is 14.2 Å². The zero-order chi connectivity index (χ0) is 22.3. The fourth-order valence-corrected chi connectivity index (χ4v) is 5.53. The number of rotatable bonds is 2. The van der Waals surface area contributed by atoms with Crippen LogP contribution in [0.15, 0.2) is 48.5 Å². The summed E-state index contributed by atoms with van der Waals surface area (Å²) in [6, 6.07) is 13.8.